The van der Waals surface area contributed by atoms with Gasteiger partial charge in [0.25, 0.3) is 0 Å². The highest BCUT2D eigenvalue weighted by Gasteiger charge is 2.16. The number of halogens is 2. The monoisotopic (exact) mass is 370 g/mol. The first kappa shape index (κ1) is 18.9. The van der Waals surface area contributed by atoms with Gasteiger partial charge in [0.2, 0.25) is 10.0 Å². The molecule has 0 radical (unpaired) electrons. The van der Waals surface area contributed by atoms with Crippen molar-refractivity contribution >= 4 is 38.4 Å². The topological polar surface area (TPSA) is 58.2 Å². The summed E-state index contributed by atoms with van der Waals surface area (Å²) >= 11 is 3.29. The highest BCUT2D eigenvalue weighted by atomic mass is 79.9. The van der Waals surface area contributed by atoms with Gasteiger partial charge in [0, 0.05) is 17.6 Å². The van der Waals surface area contributed by atoms with E-state index in [0.717, 1.165) is 23.0 Å². The summed E-state index contributed by atoms with van der Waals surface area (Å²) in [6.45, 7) is 5.80. The molecule has 2 N–H and O–H groups in total. The van der Waals surface area contributed by atoms with Crippen molar-refractivity contribution in [3.8, 4) is 0 Å². The van der Waals surface area contributed by atoms with Gasteiger partial charge in [0.1, 0.15) is 0 Å². The van der Waals surface area contributed by atoms with E-state index >= 15 is 0 Å². The van der Waals surface area contributed by atoms with Crippen molar-refractivity contribution in [2.24, 2.45) is 0 Å². The summed E-state index contributed by atoms with van der Waals surface area (Å²) in [5.74, 6) is 0. The minimum atomic E-state index is -3.42. The third-order valence-electron chi connectivity index (χ3n) is 2.46. The van der Waals surface area contributed by atoms with E-state index in [1.807, 2.05) is 6.07 Å². The van der Waals surface area contributed by atoms with Gasteiger partial charge in [-0.25, -0.2) is 13.1 Å². The second kappa shape index (κ2) is 8.92. The quantitative estimate of drug-likeness (QED) is 0.724. The molecular formula is C12H20BrClN2O2S. The van der Waals surface area contributed by atoms with Gasteiger partial charge in [-0.15, -0.1) is 12.4 Å². The zero-order valence-corrected chi connectivity index (χ0v) is 14.3. The van der Waals surface area contributed by atoms with Crippen LogP contribution in [0, 0.1) is 6.92 Å². The largest absolute Gasteiger partial charge is 0.315 e. The van der Waals surface area contributed by atoms with Gasteiger partial charge in [-0.2, -0.15) is 0 Å². The summed E-state index contributed by atoms with van der Waals surface area (Å²) in [6, 6.07) is 5.24. The zero-order chi connectivity index (χ0) is 13.6. The molecule has 1 aromatic rings. The second-order valence-electron chi connectivity index (χ2n) is 4.06. The number of hydrogen-bond donors (Lipinski definition) is 2. The highest BCUT2D eigenvalue weighted by molar-refractivity contribution is 9.10. The lowest BCUT2D eigenvalue weighted by Crippen LogP contribution is -2.32. The van der Waals surface area contributed by atoms with Crippen LogP contribution in [0.5, 0.6) is 0 Å². The molecule has 0 aliphatic heterocycles. The Kier molecular flexibility index (Phi) is 8.85. The predicted octanol–water partition coefficient (Wildman–Crippen LogP) is 2.46. The molecule has 0 aliphatic rings. The van der Waals surface area contributed by atoms with Crippen molar-refractivity contribution in [1.29, 1.82) is 0 Å². The first-order valence-corrected chi connectivity index (χ1v) is 8.21. The lowest BCUT2D eigenvalue weighted by molar-refractivity contribution is 0.575. The van der Waals surface area contributed by atoms with E-state index in [4.69, 9.17) is 0 Å². The van der Waals surface area contributed by atoms with E-state index in [-0.39, 0.29) is 12.4 Å². The van der Waals surface area contributed by atoms with Gasteiger partial charge in [0.05, 0.1) is 4.90 Å². The summed E-state index contributed by atoms with van der Waals surface area (Å²) in [5.41, 5.74) is 0.743. The maximum Gasteiger partial charge on any atom is 0.240 e. The Morgan fingerprint density at radius 2 is 1.89 bits per heavy atom. The molecule has 0 saturated carbocycles. The van der Waals surface area contributed by atoms with Gasteiger partial charge >= 0.3 is 0 Å². The maximum atomic E-state index is 12.1. The lowest BCUT2D eigenvalue weighted by atomic mass is 10.2. The summed E-state index contributed by atoms with van der Waals surface area (Å²) in [7, 11) is -3.42. The van der Waals surface area contributed by atoms with E-state index in [2.05, 4.69) is 32.9 Å². The van der Waals surface area contributed by atoms with Gasteiger partial charge in [-0.1, -0.05) is 28.9 Å². The molecule has 110 valence electrons. The fourth-order valence-corrected chi connectivity index (χ4v) is 3.33. The smallest absolute Gasteiger partial charge is 0.240 e. The van der Waals surface area contributed by atoms with Gasteiger partial charge in [-0.3, -0.25) is 0 Å². The van der Waals surface area contributed by atoms with Crippen LogP contribution in [-0.4, -0.2) is 28.1 Å². The van der Waals surface area contributed by atoms with Gasteiger partial charge < -0.3 is 5.32 Å². The SMILES string of the molecule is CCCNCCNS(=O)(=O)c1cc(Br)ccc1C.Cl. The summed E-state index contributed by atoms with van der Waals surface area (Å²) in [6.07, 6.45) is 1.04. The van der Waals surface area contributed by atoms with Crippen molar-refractivity contribution < 1.29 is 8.42 Å². The molecule has 0 aliphatic carbocycles. The van der Waals surface area contributed by atoms with Crippen LogP contribution in [0.3, 0.4) is 0 Å². The molecule has 0 spiro atoms. The molecular weight excluding hydrogens is 352 g/mol. The standard InChI is InChI=1S/C12H19BrN2O2S.ClH/c1-3-6-14-7-8-15-18(16,17)12-9-11(13)5-4-10(12)2;/h4-5,9,14-15H,3,6-8H2,1-2H3;1H. The molecule has 0 fully saturated rings. The first-order valence-electron chi connectivity index (χ1n) is 5.94. The molecule has 0 saturated heterocycles. The fraction of sp³-hybridized carbons (Fsp3) is 0.500. The van der Waals surface area contributed by atoms with E-state index in [9.17, 15) is 8.42 Å². The maximum absolute atomic E-state index is 12.1. The van der Waals surface area contributed by atoms with Crippen LogP contribution in [-0.2, 0) is 10.0 Å². The molecule has 1 aromatic carbocycles. The van der Waals surface area contributed by atoms with Crippen molar-refractivity contribution in [2.75, 3.05) is 19.6 Å². The Labute approximate surface area is 130 Å². The molecule has 19 heavy (non-hydrogen) atoms. The van der Waals surface area contributed by atoms with Crippen molar-refractivity contribution in [3.63, 3.8) is 0 Å². The van der Waals surface area contributed by atoms with Crippen molar-refractivity contribution in [3.05, 3.63) is 28.2 Å². The number of aryl methyl sites for hydroxylation is 1. The zero-order valence-electron chi connectivity index (χ0n) is 11.1. The van der Waals surface area contributed by atoms with Crippen LogP contribution in [0.1, 0.15) is 18.9 Å². The van der Waals surface area contributed by atoms with Crippen LogP contribution in [0.4, 0.5) is 0 Å². The number of hydrogen-bond acceptors (Lipinski definition) is 3. The Balaban J connectivity index is 0.00000324. The Morgan fingerprint density at radius 1 is 1.21 bits per heavy atom. The second-order valence-corrected chi connectivity index (χ2v) is 6.71. The van der Waals surface area contributed by atoms with Crippen LogP contribution >= 0.6 is 28.3 Å². The molecule has 0 unspecified atom stereocenters. The highest BCUT2D eigenvalue weighted by Crippen LogP contribution is 2.20. The fourth-order valence-electron chi connectivity index (χ4n) is 1.52. The molecule has 0 bridgehead atoms. The summed E-state index contributed by atoms with van der Waals surface area (Å²) < 4.78 is 27.5. The molecule has 0 amide bonds. The Morgan fingerprint density at radius 3 is 2.53 bits per heavy atom. The average molecular weight is 372 g/mol. The molecule has 1 rings (SSSR count). The lowest BCUT2D eigenvalue weighted by Gasteiger charge is -2.10. The molecule has 7 heteroatoms. The normalized spacial score (nSPS) is 11.1. The van der Waals surface area contributed by atoms with E-state index in [0.29, 0.717) is 18.0 Å². The third-order valence-corrected chi connectivity index (χ3v) is 4.56. The summed E-state index contributed by atoms with van der Waals surface area (Å²) in [5, 5.41) is 3.15. The molecule has 0 atom stereocenters. The molecule has 0 heterocycles. The minimum absolute atomic E-state index is 0. The van der Waals surface area contributed by atoms with Crippen LogP contribution in [0.15, 0.2) is 27.6 Å². The van der Waals surface area contributed by atoms with E-state index < -0.39 is 10.0 Å². The number of benzene rings is 1. The number of sulfonamides is 1. The van der Waals surface area contributed by atoms with E-state index in [1.165, 1.54) is 0 Å². The Hall–Kier alpha value is -0.140. The minimum Gasteiger partial charge on any atom is -0.315 e. The molecule has 4 nitrogen and oxygen atoms in total. The van der Waals surface area contributed by atoms with Crippen molar-refractivity contribution in [1.82, 2.24) is 10.0 Å². The van der Waals surface area contributed by atoms with Crippen LogP contribution in [0.25, 0.3) is 0 Å². The third kappa shape index (κ3) is 6.23. The van der Waals surface area contributed by atoms with Crippen LogP contribution < -0.4 is 10.0 Å². The van der Waals surface area contributed by atoms with E-state index in [1.54, 1.807) is 19.1 Å². The average Bonchev–Trinajstić information content (AvgIpc) is 2.32. The predicted molar refractivity (Wildman–Crippen MR) is 84.5 cm³/mol. The first-order chi connectivity index (χ1) is 8.47. The van der Waals surface area contributed by atoms with Gasteiger partial charge in [-0.05, 0) is 37.6 Å². The van der Waals surface area contributed by atoms with Gasteiger partial charge in [0.15, 0.2) is 0 Å². The van der Waals surface area contributed by atoms with Crippen molar-refractivity contribution in [2.45, 2.75) is 25.2 Å². The van der Waals surface area contributed by atoms with Crippen LogP contribution in [0.2, 0.25) is 0 Å². The number of rotatable bonds is 7. The number of nitrogens with one attached hydrogen (secondary N) is 2. The Bertz CT molecular complexity index is 495. The summed E-state index contributed by atoms with van der Waals surface area (Å²) in [4.78, 5) is 0.326. The molecule has 0 aromatic heterocycles.